The summed E-state index contributed by atoms with van der Waals surface area (Å²) in [7, 11) is 0. The molecule has 1 aromatic carbocycles. The highest BCUT2D eigenvalue weighted by Gasteiger charge is 2.25. The lowest BCUT2D eigenvalue weighted by Crippen LogP contribution is -2.12. The van der Waals surface area contributed by atoms with Crippen LogP contribution in [0.2, 0.25) is 0 Å². The first-order chi connectivity index (χ1) is 10.8. The van der Waals surface area contributed by atoms with Gasteiger partial charge >= 0.3 is 5.97 Å². The third kappa shape index (κ3) is 6.18. The average Bonchev–Trinajstić information content (AvgIpc) is 3.36. The van der Waals surface area contributed by atoms with Crippen LogP contribution in [-0.2, 0) is 15.9 Å². The van der Waals surface area contributed by atoms with E-state index in [1.807, 2.05) is 24.3 Å². The first-order valence-electron chi connectivity index (χ1n) is 8.68. The Morgan fingerprint density at radius 1 is 1.14 bits per heavy atom. The molecule has 3 nitrogen and oxygen atoms in total. The lowest BCUT2D eigenvalue weighted by molar-refractivity contribution is 0.0475. The number of rotatable bonds is 11. The monoisotopic (exact) mass is 304 g/mol. The molecule has 0 bridgehead atoms. The Labute approximate surface area is 134 Å². The second-order valence-electron chi connectivity index (χ2n) is 6.08. The molecule has 0 aliphatic carbocycles. The van der Waals surface area contributed by atoms with Gasteiger partial charge in [-0.2, -0.15) is 0 Å². The van der Waals surface area contributed by atoms with Crippen LogP contribution in [0.3, 0.4) is 0 Å². The van der Waals surface area contributed by atoms with E-state index in [9.17, 15) is 4.79 Å². The van der Waals surface area contributed by atoms with Crippen molar-refractivity contribution in [3.05, 3.63) is 35.4 Å². The highest BCUT2D eigenvalue weighted by atomic mass is 16.6. The van der Waals surface area contributed by atoms with Crippen LogP contribution in [0.4, 0.5) is 0 Å². The molecule has 1 unspecified atom stereocenters. The van der Waals surface area contributed by atoms with Crippen LogP contribution in [0.25, 0.3) is 0 Å². The predicted molar refractivity (Wildman–Crippen MR) is 88.2 cm³/mol. The van der Waals surface area contributed by atoms with Gasteiger partial charge in [0.25, 0.3) is 0 Å². The van der Waals surface area contributed by atoms with Gasteiger partial charge in [0.15, 0.2) is 0 Å². The maximum Gasteiger partial charge on any atom is 0.338 e. The van der Waals surface area contributed by atoms with Crippen LogP contribution >= 0.6 is 0 Å². The number of carbonyl (C=O) groups excluding carboxylic acids is 1. The van der Waals surface area contributed by atoms with Gasteiger partial charge in [-0.1, -0.05) is 63.6 Å². The SMILES string of the molecule is CCCCCCCCCc1ccccc1C(=O)OCC1CO1. The van der Waals surface area contributed by atoms with Crippen molar-refractivity contribution >= 4 is 5.97 Å². The molecule has 2 rings (SSSR count). The van der Waals surface area contributed by atoms with Crippen molar-refractivity contribution in [3.63, 3.8) is 0 Å². The zero-order valence-electron chi connectivity index (χ0n) is 13.7. The van der Waals surface area contributed by atoms with E-state index in [0.717, 1.165) is 18.4 Å². The molecule has 0 radical (unpaired) electrons. The normalized spacial score (nSPS) is 16.5. The standard InChI is InChI=1S/C19H28O3/c1-2-3-4-5-6-7-8-11-16-12-9-10-13-18(16)19(20)22-15-17-14-21-17/h9-10,12-13,17H,2-8,11,14-15H2,1H3. The Kier molecular flexibility index (Phi) is 7.44. The van der Waals surface area contributed by atoms with Crippen LogP contribution in [-0.4, -0.2) is 25.3 Å². The number of benzene rings is 1. The summed E-state index contributed by atoms with van der Waals surface area (Å²) < 4.78 is 10.4. The summed E-state index contributed by atoms with van der Waals surface area (Å²) in [4.78, 5) is 12.1. The molecule has 3 heteroatoms. The molecule has 0 spiro atoms. The Morgan fingerprint density at radius 3 is 2.55 bits per heavy atom. The van der Waals surface area contributed by atoms with E-state index in [1.54, 1.807) is 0 Å². The molecule has 1 aliphatic rings. The van der Waals surface area contributed by atoms with Gasteiger partial charge < -0.3 is 9.47 Å². The topological polar surface area (TPSA) is 38.8 Å². The molecule has 0 amide bonds. The summed E-state index contributed by atoms with van der Waals surface area (Å²) in [6.45, 7) is 3.34. The van der Waals surface area contributed by atoms with Gasteiger partial charge in [0, 0.05) is 0 Å². The van der Waals surface area contributed by atoms with E-state index in [1.165, 1.54) is 38.5 Å². The maximum absolute atomic E-state index is 12.1. The van der Waals surface area contributed by atoms with E-state index in [0.29, 0.717) is 18.8 Å². The number of hydrogen-bond acceptors (Lipinski definition) is 3. The van der Waals surface area contributed by atoms with Gasteiger partial charge in [-0.15, -0.1) is 0 Å². The number of esters is 1. The van der Waals surface area contributed by atoms with Crippen LogP contribution in [0.5, 0.6) is 0 Å². The van der Waals surface area contributed by atoms with E-state index in [4.69, 9.17) is 9.47 Å². The average molecular weight is 304 g/mol. The molecule has 1 saturated heterocycles. The molecule has 22 heavy (non-hydrogen) atoms. The van der Waals surface area contributed by atoms with Crippen LogP contribution in [0.15, 0.2) is 24.3 Å². The van der Waals surface area contributed by atoms with Crippen molar-refractivity contribution in [2.24, 2.45) is 0 Å². The first-order valence-corrected chi connectivity index (χ1v) is 8.68. The second kappa shape index (κ2) is 9.62. The first kappa shape index (κ1) is 17.0. The van der Waals surface area contributed by atoms with Gasteiger partial charge in [0.1, 0.15) is 12.7 Å². The summed E-state index contributed by atoms with van der Waals surface area (Å²) in [6.07, 6.45) is 10.1. The van der Waals surface area contributed by atoms with Crippen molar-refractivity contribution < 1.29 is 14.3 Å². The zero-order chi connectivity index (χ0) is 15.6. The lowest BCUT2D eigenvalue weighted by Gasteiger charge is -2.09. The molecule has 1 aromatic rings. The molecule has 122 valence electrons. The fourth-order valence-corrected chi connectivity index (χ4v) is 2.62. The second-order valence-corrected chi connectivity index (χ2v) is 6.08. The van der Waals surface area contributed by atoms with Crippen molar-refractivity contribution in [3.8, 4) is 0 Å². The maximum atomic E-state index is 12.1. The molecule has 0 aromatic heterocycles. The quantitative estimate of drug-likeness (QED) is 0.342. The minimum Gasteiger partial charge on any atom is -0.459 e. The largest absolute Gasteiger partial charge is 0.459 e. The van der Waals surface area contributed by atoms with Gasteiger partial charge in [-0.25, -0.2) is 4.79 Å². The van der Waals surface area contributed by atoms with Gasteiger partial charge in [-0.3, -0.25) is 0 Å². The van der Waals surface area contributed by atoms with Crippen molar-refractivity contribution in [1.82, 2.24) is 0 Å². The number of epoxide rings is 1. The third-order valence-corrected chi connectivity index (χ3v) is 4.09. The molecule has 0 N–H and O–H groups in total. The summed E-state index contributed by atoms with van der Waals surface area (Å²) in [5, 5.41) is 0. The minimum atomic E-state index is -0.214. The molecule has 0 saturated carbocycles. The molecule has 1 aliphatic heterocycles. The highest BCUT2D eigenvalue weighted by molar-refractivity contribution is 5.91. The van der Waals surface area contributed by atoms with E-state index in [-0.39, 0.29) is 12.1 Å². The Morgan fingerprint density at radius 2 is 1.82 bits per heavy atom. The summed E-state index contributed by atoms with van der Waals surface area (Å²) in [6, 6.07) is 7.81. The Hall–Kier alpha value is -1.35. The minimum absolute atomic E-state index is 0.124. The van der Waals surface area contributed by atoms with Crippen LogP contribution in [0, 0.1) is 0 Å². The van der Waals surface area contributed by atoms with E-state index in [2.05, 4.69) is 6.92 Å². The van der Waals surface area contributed by atoms with Gasteiger partial charge in [0.2, 0.25) is 0 Å². The van der Waals surface area contributed by atoms with Crippen molar-refractivity contribution in [2.75, 3.05) is 13.2 Å². The Balaban J connectivity index is 1.71. The molecule has 1 atom stereocenters. The van der Waals surface area contributed by atoms with Crippen LogP contribution < -0.4 is 0 Å². The van der Waals surface area contributed by atoms with Crippen molar-refractivity contribution in [2.45, 2.75) is 64.4 Å². The lowest BCUT2D eigenvalue weighted by atomic mass is 10.0. The summed E-state index contributed by atoms with van der Waals surface area (Å²) in [5.74, 6) is -0.214. The fourth-order valence-electron chi connectivity index (χ4n) is 2.62. The number of carbonyl (C=O) groups is 1. The fraction of sp³-hybridized carbons (Fsp3) is 0.632. The van der Waals surface area contributed by atoms with Gasteiger partial charge in [0.05, 0.1) is 12.2 Å². The Bertz CT molecular complexity index is 452. The van der Waals surface area contributed by atoms with Crippen LogP contribution in [0.1, 0.15) is 67.8 Å². The number of ether oxygens (including phenoxy) is 2. The van der Waals surface area contributed by atoms with E-state index < -0.39 is 0 Å². The molecular formula is C19H28O3. The van der Waals surface area contributed by atoms with E-state index >= 15 is 0 Å². The number of aryl methyl sites for hydroxylation is 1. The molecule has 1 heterocycles. The summed E-state index contributed by atoms with van der Waals surface area (Å²) in [5.41, 5.74) is 1.83. The number of hydrogen-bond donors (Lipinski definition) is 0. The zero-order valence-corrected chi connectivity index (χ0v) is 13.7. The third-order valence-electron chi connectivity index (χ3n) is 4.09. The molecular weight excluding hydrogens is 276 g/mol. The summed E-state index contributed by atoms with van der Waals surface area (Å²) >= 11 is 0. The smallest absolute Gasteiger partial charge is 0.338 e. The predicted octanol–water partition coefficient (Wildman–Crippen LogP) is 4.54. The number of unbranched alkanes of at least 4 members (excludes halogenated alkanes) is 6. The highest BCUT2D eigenvalue weighted by Crippen LogP contribution is 2.17. The van der Waals surface area contributed by atoms with Gasteiger partial charge in [-0.05, 0) is 24.5 Å². The van der Waals surface area contributed by atoms with Crippen molar-refractivity contribution in [1.29, 1.82) is 0 Å². The molecule has 1 fully saturated rings.